The number of hydrogen-bond acceptors (Lipinski definition) is 3. The van der Waals surface area contributed by atoms with Gasteiger partial charge in [0.15, 0.2) is 0 Å². The summed E-state index contributed by atoms with van der Waals surface area (Å²) >= 11 is 5.95. The van der Waals surface area contributed by atoms with E-state index >= 15 is 0 Å². The molecule has 1 N–H and O–H groups in total. The zero-order chi connectivity index (χ0) is 24.2. The lowest BCUT2D eigenvalue weighted by atomic mass is 10.0. The quantitative estimate of drug-likeness (QED) is 0.444. The topological polar surface area (TPSA) is 66.5 Å². The number of hydrogen-bond donors (Lipinski definition) is 1. The Labute approximate surface area is 201 Å². The molecule has 3 aromatic rings. The Hall–Kier alpha value is -2.83. The van der Waals surface area contributed by atoms with Gasteiger partial charge in [-0.1, -0.05) is 54.4 Å². The van der Waals surface area contributed by atoms with Gasteiger partial charge in [-0.3, -0.25) is 9.10 Å². The molecule has 0 bridgehead atoms. The Balaban J connectivity index is 1.93. The Bertz CT molecular complexity index is 1220. The van der Waals surface area contributed by atoms with Crippen molar-refractivity contribution in [2.75, 3.05) is 10.8 Å². The monoisotopic (exact) mass is 484 g/mol. The minimum atomic E-state index is -3.99. The summed E-state index contributed by atoms with van der Waals surface area (Å²) in [5, 5.41) is 3.43. The lowest BCUT2D eigenvalue weighted by Crippen LogP contribution is -2.42. The highest BCUT2D eigenvalue weighted by atomic mass is 35.5. The molecule has 0 radical (unpaired) electrons. The number of nitrogens with zero attached hydrogens (tertiary/aromatic N) is 1. The van der Waals surface area contributed by atoms with Gasteiger partial charge in [-0.15, -0.1) is 0 Å². The third-order valence-electron chi connectivity index (χ3n) is 5.69. The Morgan fingerprint density at radius 3 is 2.15 bits per heavy atom. The third-order valence-corrected chi connectivity index (χ3v) is 7.73. The van der Waals surface area contributed by atoms with Gasteiger partial charge in [0.1, 0.15) is 6.54 Å². The first kappa shape index (κ1) is 24.8. The fraction of sp³-hybridized carbons (Fsp3) is 0.269. The predicted molar refractivity (Wildman–Crippen MR) is 134 cm³/mol. The summed E-state index contributed by atoms with van der Waals surface area (Å²) in [7, 11) is -3.99. The summed E-state index contributed by atoms with van der Waals surface area (Å²) in [5.41, 5.74) is 4.53. The standard InChI is InChI=1S/C26H29ClN2O3S/c1-5-25(21-9-6-18(2)7-10-21)28-26(30)17-29(23-13-8-19(3)20(4)16-23)33(31,32)24-14-11-22(27)12-15-24/h6-16,25H,5,17H2,1-4H3,(H,28,30)/t25-/m0/s1. The summed E-state index contributed by atoms with van der Waals surface area (Å²) in [5.74, 6) is -0.377. The molecule has 0 saturated carbocycles. The minimum Gasteiger partial charge on any atom is -0.348 e. The van der Waals surface area contributed by atoms with E-state index in [2.05, 4.69) is 5.32 Å². The molecule has 0 saturated heterocycles. The van der Waals surface area contributed by atoms with Gasteiger partial charge in [0.05, 0.1) is 16.6 Å². The summed E-state index contributed by atoms with van der Waals surface area (Å²) in [4.78, 5) is 13.2. The van der Waals surface area contributed by atoms with Crippen LogP contribution in [0.5, 0.6) is 0 Å². The second-order valence-electron chi connectivity index (χ2n) is 8.17. The molecule has 7 heteroatoms. The second kappa shape index (κ2) is 10.4. The summed E-state index contributed by atoms with van der Waals surface area (Å²) in [6.07, 6.45) is 0.683. The number of rotatable bonds is 8. The SMILES string of the molecule is CC[C@H](NC(=O)CN(c1ccc(C)c(C)c1)S(=O)(=O)c1ccc(Cl)cc1)c1ccc(C)cc1. The van der Waals surface area contributed by atoms with Crippen LogP contribution in [0, 0.1) is 20.8 Å². The highest BCUT2D eigenvalue weighted by molar-refractivity contribution is 7.92. The van der Waals surface area contributed by atoms with E-state index in [1.807, 2.05) is 58.0 Å². The van der Waals surface area contributed by atoms with Crippen molar-refractivity contribution in [3.8, 4) is 0 Å². The predicted octanol–water partition coefficient (Wildman–Crippen LogP) is 5.73. The molecular weight excluding hydrogens is 456 g/mol. The summed E-state index contributed by atoms with van der Waals surface area (Å²) < 4.78 is 28.2. The largest absolute Gasteiger partial charge is 0.348 e. The van der Waals surface area contributed by atoms with E-state index in [0.717, 1.165) is 26.6 Å². The number of sulfonamides is 1. The van der Waals surface area contributed by atoms with E-state index in [1.165, 1.54) is 24.3 Å². The van der Waals surface area contributed by atoms with E-state index in [-0.39, 0.29) is 23.4 Å². The van der Waals surface area contributed by atoms with E-state index < -0.39 is 10.0 Å². The van der Waals surface area contributed by atoms with Crippen molar-refractivity contribution < 1.29 is 13.2 Å². The average molecular weight is 485 g/mol. The smallest absolute Gasteiger partial charge is 0.264 e. The molecule has 174 valence electrons. The van der Waals surface area contributed by atoms with Crippen LogP contribution in [0.2, 0.25) is 5.02 Å². The van der Waals surface area contributed by atoms with Crippen molar-refractivity contribution in [3.63, 3.8) is 0 Å². The molecule has 0 unspecified atom stereocenters. The highest BCUT2D eigenvalue weighted by Gasteiger charge is 2.28. The number of anilines is 1. The zero-order valence-electron chi connectivity index (χ0n) is 19.3. The first-order chi connectivity index (χ1) is 15.6. The molecule has 0 fully saturated rings. The van der Waals surface area contributed by atoms with Crippen molar-refractivity contribution in [3.05, 3.63) is 94.0 Å². The molecular formula is C26H29ClN2O3S. The van der Waals surface area contributed by atoms with Gasteiger partial charge in [0.25, 0.3) is 10.0 Å². The molecule has 0 aromatic heterocycles. The number of amides is 1. The number of aryl methyl sites for hydroxylation is 3. The fourth-order valence-corrected chi connectivity index (χ4v) is 5.06. The van der Waals surface area contributed by atoms with Crippen LogP contribution in [0.15, 0.2) is 71.6 Å². The number of benzene rings is 3. The number of carbonyl (C=O) groups is 1. The Morgan fingerprint density at radius 1 is 0.939 bits per heavy atom. The van der Waals surface area contributed by atoms with Crippen LogP contribution >= 0.6 is 11.6 Å². The normalized spacial score (nSPS) is 12.3. The lowest BCUT2D eigenvalue weighted by Gasteiger charge is -2.26. The van der Waals surface area contributed by atoms with E-state index in [4.69, 9.17) is 11.6 Å². The van der Waals surface area contributed by atoms with Crippen LogP contribution in [-0.2, 0) is 14.8 Å². The molecule has 1 amide bonds. The maximum absolute atomic E-state index is 13.5. The molecule has 1 atom stereocenters. The van der Waals surface area contributed by atoms with Gasteiger partial charge < -0.3 is 5.32 Å². The maximum Gasteiger partial charge on any atom is 0.264 e. The maximum atomic E-state index is 13.5. The third kappa shape index (κ3) is 5.95. The van der Waals surface area contributed by atoms with Crippen molar-refractivity contribution in [1.82, 2.24) is 5.32 Å². The van der Waals surface area contributed by atoms with Gasteiger partial charge in [0.2, 0.25) is 5.91 Å². The molecule has 3 aromatic carbocycles. The van der Waals surface area contributed by atoms with Crippen molar-refractivity contribution in [2.24, 2.45) is 0 Å². The van der Waals surface area contributed by atoms with Crippen LogP contribution in [0.1, 0.15) is 41.6 Å². The zero-order valence-corrected chi connectivity index (χ0v) is 20.9. The first-order valence-electron chi connectivity index (χ1n) is 10.8. The van der Waals surface area contributed by atoms with Crippen molar-refractivity contribution >= 4 is 33.2 Å². The summed E-state index contributed by atoms with van der Waals surface area (Å²) in [6.45, 7) is 7.52. The van der Waals surface area contributed by atoms with Gasteiger partial charge in [-0.25, -0.2) is 8.42 Å². The van der Waals surface area contributed by atoms with Gasteiger partial charge in [-0.05, 0) is 80.3 Å². The molecule has 5 nitrogen and oxygen atoms in total. The van der Waals surface area contributed by atoms with Crippen molar-refractivity contribution in [2.45, 2.75) is 45.1 Å². The molecule has 0 aliphatic carbocycles. The van der Waals surface area contributed by atoms with Crippen LogP contribution in [0.4, 0.5) is 5.69 Å². The van der Waals surface area contributed by atoms with E-state index in [9.17, 15) is 13.2 Å². The van der Waals surface area contributed by atoms with Crippen LogP contribution in [0.3, 0.4) is 0 Å². The summed E-state index contributed by atoms with van der Waals surface area (Å²) in [6, 6.07) is 19.1. The van der Waals surface area contributed by atoms with Crippen LogP contribution in [-0.4, -0.2) is 20.9 Å². The van der Waals surface area contributed by atoms with E-state index in [1.54, 1.807) is 12.1 Å². The van der Waals surface area contributed by atoms with Gasteiger partial charge in [0, 0.05) is 5.02 Å². The molecule has 0 aliphatic rings. The van der Waals surface area contributed by atoms with Gasteiger partial charge in [-0.2, -0.15) is 0 Å². The molecule has 33 heavy (non-hydrogen) atoms. The molecule has 0 spiro atoms. The average Bonchev–Trinajstić information content (AvgIpc) is 2.78. The minimum absolute atomic E-state index is 0.0727. The molecule has 0 aliphatic heterocycles. The lowest BCUT2D eigenvalue weighted by molar-refractivity contribution is -0.120. The number of halogens is 1. The van der Waals surface area contributed by atoms with Crippen molar-refractivity contribution in [1.29, 1.82) is 0 Å². The van der Waals surface area contributed by atoms with Crippen LogP contribution < -0.4 is 9.62 Å². The van der Waals surface area contributed by atoms with E-state index in [0.29, 0.717) is 17.1 Å². The molecule has 0 heterocycles. The second-order valence-corrected chi connectivity index (χ2v) is 10.5. The fourth-order valence-electron chi connectivity index (χ4n) is 3.52. The number of carbonyl (C=O) groups excluding carboxylic acids is 1. The first-order valence-corrected chi connectivity index (χ1v) is 12.6. The Kier molecular flexibility index (Phi) is 7.82. The van der Waals surface area contributed by atoms with Gasteiger partial charge >= 0.3 is 0 Å². The number of nitrogens with one attached hydrogen (secondary N) is 1. The Morgan fingerprint density at radius 2 is 1.58 bits per heavy atom. The highest BCUT2D eigenvalue weighted by Crippen LogP contribution is 2.27. The van der Waals surface area contributed by atoms with Crippen LogP contribution in [0.25, 0.3) is 0 Å². The molecule has 3 rings (SSSR count).